The summed E-state index contributed by atoms with van der Waals surface area (Å²) in [5, 5.41) is 3.15. The van der Waals surface area contributed by atoms with E-state index in [2.05, 4.69) is 15.3 Å². The standard InChI is InChI=1S/C32H34F2N4O4/c1-31(2,3)42-30(40)38-17-25-28(29(38)39)24(15-23(36-25)27-21(33)5-4-6-22(27)34)37-26-8-7-20(16-35-26)19-9-11-32(12-10-19)13-14-41-18-32/h4-8,15-16,19H,9-14,17-18H2,1-3H3,(H,35,36,37). The highest BCUT2D eigenvalue weighted by Crippen LogP contribution is 2.47. The summed E-state index contributed by atoms with van der Waals surface area (Å²) in [6.45, 7) is 6.63. The number of hydrogen-bond donors (Lipinski definition) is 1. The zero-order valence-electron chi connectivity index (χ0n) is 24.0. The van der Waals surface area contributed by atoms with Gasteiger partial charge >= 0.3 is 6.09 Å². The molecule has 3 aromatic rings. The lowest BCUT2D eigenvalue weighted by atomic mass is 9.69. The molecule has 1 aromatic carbocycles. The number of rotatable bonds is 4. The predicted octanol–water partition coefficient (Wildman–Crippen LogP) is 7.12. The lowest BCUT2D eigenvalue weighted by Gasteiger charge is -2.36. The molecule has 1 N–H and O–H groups in total. The van der Waals surface area contributed by atoms with Crippen molar-refractivity contribution in [3.63, 3.8) is 0 Å². The Morgan fingerprint density at radius 1 is 1.10 bits per heavy atom. The van der Waals surface area contributed by atoms with Crippen molar-refractivity contribution in [2.24, 2.45) is 5.41 Å². The van der Waals surface area contributed by atoms with E-state index in [9.17, 15) is 18.4 Å². The molecule has 1 saturated carbocycles. The number of aromatic nitrogens is 2. The molecule has 2 fully saturated rings. The van der Waals surface area contributed by atoms with E-state index in [4.69, 9.17) is 9.47 Å². The smallest absolute Gasteiger partial charge is 0.417 e. The van der Waals surface area contributed by atoms with Crippen molar-refractivity contribution in [3.8, 4) is 11.3 Å². The van der Waals surface area contributed by atoms with Crippen LogP contribution in [0.3, 0.4) is 0 Å². The van der Waals surface area contributed by atoms with Crippen LogP contribution >= 0.6 is 0 Å². The van der Waals surface area contributed by atoms with Crippen LogP contribution in [0.15, 0.2) is 42.6 Å². The maximum absolute atomic E-state index is 14.8. The number of benzene rings is 1. The number of amides is 2. The summed E-state index contributed by atoms with van der Waals surface area (Å²) < 4.78 is 40.6. The van der Waals surface area contributed by atoms with E-state index in [1.54, 1.807) is 20.8 Å². The van der Waals surface area contributed by atoms with Gasteiger partial charge in [-0.1, -0.05) is 12.1 Å². The molecule has 8 nitrogen and oxygen atoms in total. The summed E-state index contributed by atoms with van der Waals surface area (Å²) in [5.74, 6) is -1.32. The summed E-state index contributed by atoms with van der Waals surface area (Å²) in [7, 11) is 0. The number of carbonyl (C=O) groups excluding carboxylic acids is 2. The first-order valence-electron chi connectivity index (χ1n) is 14.4. The number of pyridine rings is 2. The fourth-order valence-corrected chi connectivity index (χ4v) is 6.21. The fourth-order valence-electron chi connectivity index (χ4n) is 6.21. The summed E-state index contributed by atoms with van der Waals surface area (Å²) in [6, 6.07) is 8.83. The lowest BCUT2D eigenvalue weighted by molar-refractivity contribution is 0.0247. The van der Waals surface area contributed by atoms with Crippen LogP contribution in [0.4, 0.5) is 25.1 Å². The Kier molecular flexibility index (Phi) is 7.21. The lowest BCUT2D eigenvalue weighted by Crippen LogP contribution is -2.37. The Labute approximate surface area is 243 Å². The molecule has 1 aliphatic carbocycles. The van der Waals surface area contributed by atoms with Crippen LogP contribution < -0.4 is 5.32 Å². The van der Waals surface area contributed by atoms with Crippen molar-refractivity contribution in [3.05, 3.63) is 71.1 Å². The van der Waals surface area contributed by atoms with Gasteiger partial charge in [-0.05, 0) is 94.0 Å². The van der Waals surface area contributed by atoms with E-state index >= 15 is 0 Å². The monoisotopic (exact) mass is 576 g/mol. The van der Waals surface area contributed by atoms with Gasteiger partial charge in [0.1, 0.15) is 23.1 Å². The number of carbonyl (C=O) groups is 2. The number of nitrogens with zero attached hydrogens (tertiary/aromatic N) is 3. The van der Waals surface area contributed by atoms with E-state index in [1.165, 1.54) is 12.1 Å². The van der Waals surface area contributed by atoms with Gasteiger partial charge in [-0.2, -0.15) is 0 Å². The molecule has 4 heterocycles. The third-order valence-electron chi connectivity index (χ3n) is 8.45. The van der Waals surface area contributed by atoms with Gasteiger partial charge in [0.05, 0.1) is 41.4 Å². The first-order valence-corrected chi connectivity index (χ1v) is 14.4. The zero-order valence-corrected chi connectivity index (χ0v) is 24.0. The topological polar surface area (TPSA) is 93.7 Å². The molecule has 2 aromatic heterocycles. The van der Waals surface area contributed by atoms with Crippen LogP contribution in [0.2, 0.25) is 0 Å². The minimum atomic E-state index is -0.823. The molecule has 2 aliphatic heterocycles. The van der Waals surface area contributed by atoms with Crippen LogP contribution in [0.5, 0.6) is 0 Å². The zero-order chi connectivity index (χ0) is 29.6. The molecule has 2 amide bonds. The summed E-state index contributed by atoms with van der Waals surface area (Å²) in [4.78, 5) is 36.3. The minimum Gasteiger partial charge on any atom is -0.443 e. The third kappa shape index (κ3) is 5.47. The Balaban J connectivity index is 1.29. The molecule has 42 heavy (non-hydrogen) atoms. The molecule has 3 aliphatic rings. The molecular weight excluding hydrogens is 542 g/mol. The highest BCUT2D eigenvalue weighted by atomic mass is 19.1. The number of imide groups is 1. The molecule has 1 saturated heterocycles. The quantitative estimate of drug-likeness (QED) is 0.353. The SMILES string of the molecule is CC(C)(C)OC(=O)N1Cc2nc(-c3c(F)cccc3F)cc(Nc3ccc(C4CCC5(CCOC5)CC4)cn3)c2C1=O. The third-order valence-corrected chi connectivity index (χ3v) is 8.45. The van der Waals surface area contributed by atoms with Crippen LogP contribution in [-0.2, 0) is 16.0 Å². The maximum Gasteiger partial charge on any atom is 0.417 e. The van der Waals surface area contributed by atoms with Crippen LogP contribution in [0, 0.1) is 17.0 Å². The fraction of sp³-hybridized carbons (Fsp3) is 0.438. The van der Waals surface area contributed by atoms with Crippen LogP contribution in [0.1, 0.15) is 80.4 Å². The van der Waals surface area contributed by atoms with E-state index in [-0.39, 0.29) is 34.7 Å². The summed E-state index contributed by atoms with van der Waals surface area (Å²) in [6.07, 6.45) is 6.61. The molecular formula is C32H34F2N4O4. The molecule has 220 valence electrons. The van der Waals surface area contributed by atoms with Gasteiger partial charge in [0.25, 0.3) is 5.91 Å². The molecule has 0 atom stereocenters. The number of hydrogen-bond acceptors (Lipinski definition) is 7. The van der Waals surface area contributed by atoms with E-state index in [1.807, 2.05) is 18.3 Å². The molecule has 6 rings (SSSR count). The van der Waals surface area contributed by atoms with Gasteiger partial charge < -0.3 is 14.8 Å². The molecule has 10 heteroatoms. The van der Waals surface area contributed by atoms with Crippen molar-refractivity contribution in [2.75, 3.05) is 18.5 Å². The second kappa shape index (κ2) is 10.7. The van der Waals surface area contributed by atoms with Gasteiger partial charge in [-0.25, -0.2) is 28.4 Å². The largest absolute Gasteiger partial charge is 0.443 e. The number of halogens is 2. The summed E-state index contributed by atoms with van der Waals surface area (Å²) >= 11 is 0. The van der Waals surface area contributed by atoms with Gasteiger partial charge in [-0.15, -0.1) is 0 Å². The highest BCUT2D eigenvalue weighted by molar-refractivity contribution is 6.10. The van der Waals surface area contributed by atoms with Crippen molar-refractivity contribution >= 4 is 23.5 Å². The van der Waals surface area contributed by atoms with Crippen molar-refractivity contribution < 1.29 is 27.8 Å². The van der Waals surface area contributed by atoms with Crippen molar-refractivity contribution in [1.29, 1.82) is 0 Å². The molecule has 0 unspecified atom stereocenters. The maximum atomic E-state index is 14.8. The van der Waals surface area contributed by atoms with Gasteiger partial charge in [-0.3, -0.25) is 4.79 Å². The second-order valence-electron chi connectivity index (χ2n) is 12.5. The van der Waals surface area contributed by atoms with Gasteiger partial charge in [0, 0.05) is 12.8 Å². The Morgan fingerprint density at radius 3 is 2.45 bits per heavy atom. The molecule has 0 radical (unpaired) electrons. The highest BCUT2D eigenvalue weighted by Gasteiger charge is 2.40. The first-order chi connectivity index (χ1) is 20.0. The van der Waals surface area contributed by atoms with Crippen molar-refractivity contribution in [1.82, 2.24) is 14.9 Å². The molecule has 0 bridgehead atoms. The molecule has 1 spiro atoms. The normalized spacial score (nSPS) is 22.0. The number of fused-ring (bicyclic) bond motifs is 1. The average Bonchev–Trinajstić information content (AvgIpc) is 3.53. The summed E-state index contributed by atoms with van der Waals surface area (Å²) in [5.41, 5.74) is 0.915. The van der Waals surface area contributed by atoms with Crippen LogP contribution in [0.25, 0.3) is 11.3 Å². The number of nitrogens with one attached hydrogen (secondary N) is 1. The Bertz CT molecular complexity index is 1500. The Morgan fingerprint density at radius 2 is 1.83 bits per heavy atom. The number of ether oxygens (including phenoxy) is 2. The van der Waals surface area contributed by atoms with Crippen molar-refractivity contribution in [2.45, 2.75) is 70.9 Å². The average molecular weight is 577 g/mol. The predicted molar refractivity (Wildman–Crippen MR) is 152 cm³/mol. The Hall–Kier alpha value is -3.92. The van der Waals surface area contributed by atoms with E-state index in [0.29, 0.717) is 17.2 Å². The second-order valence-corrected chi connectivity index (χ2v) is 12.5. The van der Waals surface area contributed by atoms with Gasteiger partial charge in [0.2, 0.25) is 0 Å². The van der Waals surface area contributed by atoms with E-state index < -0.39 is 29.2 Å². The number of anilines is 2. The first kappa shape index (κ1) is 28.2. The van der Waals surface area contributed by atoms with E-state index in [0.717, 1.165) is 67.9 Å². The van der Waals surface area contributed by atoms with Gasteiger partial charge in [0.15, 0.2) is 0 Å². The van der Waals surface area contributed by atoms with Crippen LogP contribution in [-0.4, -0.2) is 45.7 Å². The minimum absolute atomic E-state index is 0.00524.